The summed E-state index contributed by atoms with van der Waals surface area (Å²) in [4.78, 5) is 23.6. The third-order valence-electron chi connectivity index (χ3n) is 3.17. The number of halogens is 1. The molecule has 0 bridgehead atoms. The Labute approximate surface area is 139 Å². The highest BCUT2D eigenvalue weighted by molar-refractivity contribution is 5.96. The molecule has 2 rings (SSSR count). The number of esters is 1. The van der Waals surface area contributed by atoms with Gasteiger partial charge in [-0.15, -0.1) is 0 Å². The molecule has 2 aromatic carbocycles. The molecule has 6 heteroatoms. The van der Waals surface area contributed by atoms with E-state index in [9.17, 15) is 14.0 Å². The van der Waals surface area contributed by atoms with Crippen LogP contribution in [-0.4, -0.2) is 25.0 Å². The van der Waals surface area contributed by atoms with E-state index in [1.165, 1.54) is 12.1 Å². The first-order valence-corrected chi connectivity index (χ1v) is 7.50. The molecule has 0 aromatic heterocycles. The smallest absolute Gasteiger partial charge is 0.325 e. The van der Waals surface area contributed by atoms with Crippen molar-refractivity contribution in [2.45, 2.75) is 13.5 Å². The fourth-order valence-electron chi connectivity index (χ4n) is 1.95. The topological polar surface area (TPSA) is 64.6 Å². The van der Waals surface area contributed by atoms with Gasteiger partial charge in [-0.2, -0.15) is 0 Å². The molecule has 0 saturated heterocycles. The van der Waals surface area contributed by atoms with Crippen molar-refractivity contribution in [3.63, 3.8) is 0 Å². The highest BCUT2D eigenvalue weighted by Gasteiger charge is 2.10. The highest BCUT2D eigenvalue weighted by Crippen LogP contribution is 2.12. The van der Waals surface area contributed by atoms with Crippen LogP contribution in [0.25, 0.3) is 0 Å². The largest absolute Gasteiger partial charge is 0.494 e. The molecule has 0 aliphatic heterocycles. The molecule has 0 heterocycles. The monoisotopic (exact) mass is 331 g/mol. The van der Waals surface area contributed by atoms with E-state index in [2.05, 4.69) is 5.32 Å². The molecule has 0 saturated carbocycles. The molecule has 0 atom stereocenters. The highest BCUT2D eigenvalue weighted by atomic mass is 19.1. The van der Waals surface area contributed by atoms with Gasteiger partial charge in [0.05, 0.1) is 6.61 Å². The summed E-state index contributed by atoms with van der Waals surface area (Å²) >= 11 is 0. The Morgan fingerprint density at radius 2 is 1.79 bits per heavy atom. The van der Waals surface area contributed by atoms with E-state index in [1.807, 2.05) is 6.92 Å². The van der Waals surface area contributed by atoms with Crippen LogP contribution in [0.15, 0.2) is 48.5 Å². The maximum Gasteiger partial charge on any atom is 0.325 e. The number of benzene rings is 2. The fourth-order valence-corrected chi connectivity index (χ4v) is 1.95. The normalized spacial score (nSPS) is 10.1. The van der Waals surface area contributed by atoms with Crippen LogP contribution in [0.1, 0.15) is 22.8 Å². The number of nitrogens with one attached hydrogen (secondary N) is 1. The summed E-state index contributed by atoms with van der Waals surface area (Å²) in [5.74, 6) is -0.819. The molecule has 5 nitrogen and oxygen atoms in total. The van der Waals surface area contributed by atoms with Crippen molar-refractivity contribution in [1.82, 2.24) is 5.32 Å². The van der Waals surface area contributed by atoms with E-state index in [4.69, 9.17) is 9.47 Å². The van der Waals surface area contributed by atoms with Gasteiger partial charge in [-0.25, -0.2) is 4.39 Å². The van der Waals surface area contributed by atoms with E-state index in [0.717, 1.165) is 0 Å². The zero-order valence-corrected chi connectivity index (χ0v) is 13.3. The zero-order chi connectivity index (χ0) is 17.4. The minimum atomic E-state index is -0.641. The number of carbonyl (C=O) groups is 2. The first-order chi connectivity index (χ1) is 11.6. The Bertz CT molecular complexity index is 700. The third-order valence-corrected chi connectivity index (χ3v) is 3.17. The zero-order valence-electron chi connectivity index (χ0n) is 13.3. The summed E-state index contributed by atoms with van der Waals surface area (Å²) in [6, 6.07) is 12.6. The molecule has 0 unspecified atom stereocenters. The average molecular weight is 331 g/mol. The Kier molecular flexibility index (Phi) is 6.31. The van der Waals surface area contributed by atoms with Crippen molar-refractivity contribution in [3.8, 4) is 5.75 Å². The Balaban J connectivity index is 1.78. The Morgan fingerprint density at radius 1 is 1.08 bits per heavy atom. The van der Waals surface area contributed by atoms with Gasteiger partial charge in [-0.1, -0.05) is 18.2 Å². The van der Waals surface area contributed by atoms with Gasteiger partial charge in [0.1, 0.15) is 24.7 Å². The van der Waals surface area contributed by atoms with Crippen LogP contribution in [0.3, 0.4) is 0 Å². The number of rotatable bonds is 7. The third kappa shape index (κ3) is 5.08. The van der Waals surface area contributed by atoms with Gasteiger partial charge >= 0.3 is 5.97 Å². The molecule has 1 amide bonds. The second-order valence-corrected chi connectivity index (χ2v) is 4.89. The van der Waals surface area contributed by atoms with Crippen molar-refractivity contribution >= 4 is 11.9 Å². The van der Waals surface area contributed by atoms with E-state index in [0.29, 0.717) is 17.9 Å². The van der Waals surface area contributed by atoms with Gasteiger partial charge in [-0.05, 0) is 37.3 Å². The predicted molar refractivity (Wildman–Crippen MR) is 86.1 cm³/mol. The van der Waals surface area contributed by atoms with Crippen LogP contribution >= 0.6 is 0 Å². The Morgan fingerprint density at radius 3 is 2.46 bits per heavy atom. The molecule has 126 valence electrons. The lowest BCUT2D eigenvalue weighted by molar-refractivity contribution is -0.143. The lowest BCUT2D eigenvalue weighted by Crippen LogP contribution is -2.30. The second kappa shape index (κ2) is 8.67. The maximum atomic E-state index is 13.4. The minimum absolute atomic E-state index is 0.176. The van der Waals surface area contributed by atoms with Gasteiger partial charge in [0.25, 0.3) is 5.91 Å². The molecule has 0 spiro atoms. The van der Waals surface area contributed by atoms with Gasteiger partial charge < -0.3 is 14.8 Å². The van der Waals surface area contributed by atoms with Crippen molar-refractivity contribution in [3.05, 3.63) is 65.5 Å². The molecule has 0 radical (unpaired) electrons. The molecular formula is C18H18FNO4. The SMILES string of the molecule is CCOc1ccc(C(=O)NCC(=O)OCc2ccccc2F)cc1. The fraction of sp³-hybridized carbons (Fsp3) is 0.222. The predicted octanol–water partition coefficient (Wildman–Crippen LogP) is 2.70. The summed E-state index contributed by atoms with van der Waals surface area (Å²) in [7, 11) is 0. The van der Waals surface area contributed by atoms with E-state index in [-0.39, 0.29) is 18.7 Å². The molecule has 0 aliphatic carbocycles. The first kappa shape index (κ1) is 17.5. The first-order valence-electron chi connectivity index (χ1n) is 7.50. The average Bonchev–Trinajstić information content (AvgIpc) is 2.60. The summed E-state index contributed by atoms with van der Waals surface area (Å²) in [5, 5.41) is 2.45. The lowest BCUT2D eigenvalue weighted by atomic mass is 10.2. The molecule has 1 N–H and O–H groups in total. The van der Waals surface area contributed by atoms with Crippen LogP contribution in [0.5, 0.6) is 5.75 Å². The summed E-state index contributed by atoms with van der Waals surface area (Å²) in [5.41, 5.74) is 0.684. The summed E-state index contributed by atoms with van der Waals surface area (Å²) in [6.07, 6.45) is 0. The number of ether oxygens (including phenoxy) is 2. The molecule has 2 aromatic rings. The maximum absolute atomic E-state index is 13.4. The number of hydrogen-bond donors (Lipinski definition) is 1. The van der Waals surface area contributed by atoms with Crippen molar-refractivity contribution < 1.29 is 23.5 Å². The molecule has 0 aliphatic rings. The van der Waals surface area contributed by atoms with Gasteiger partial charge in [0.15, 0.2) is 0 Å². The second-order valence-electron chi connectivity index (χ2n) is 4.89. The number of hydrogen-bond acceptors (Lipinski definition) is 4. The van der Waals surface area contributed by atoms with Crippen molar-refractivity contribution in [2.24, 2.45) is 0 Å². The van der Waals surface area contributed by atoms with Crippen LogP contribution < -0.4 is 10.1 Å². The van der Waals surface area contributed by atoms with Crippen molar-refractivity contribution in [1.29, 1.82) is 0 Å². The van der Waals surface area contributed by atoms with Crippen LogP contribution in [0.4, 0.5) is 4.39 Å². The lowest BCUT2D eigenvalue weighted by Gasteiger charge is -2.08. The van der Waals surface area contributed by atoms with Crippen LogP contribution in [0.2, 0.25) is 0 Å². The van der Waals surface area contributed by atoms with Gasteiger partial charge in [-0.3, -0.25) is 9.59 Å². The van der Waals surface area contributed by atoms with E-state index < -0.39 is 17.7 Å². The standard InChI is InChI=1S/C18H18FNO4/c1-2-23-15-9-7-13(8-10-15)18(22)20-11-17(21)24-12-14-5-3-4-6-16(14)19/h3-10H,2,11-12H2,1H3,(H,20,22). The Hall–Kier alpha value is -2.89. The van der Waals surface area contributed by atoms with Crippen molar-refractivity contribution in [2.75, 3.05) is 13.2 Å². The molecule has 24 heavy (non-hydrogen) atoms. The molecule has 0 fully saturated rings. The minimum Gasteiger partial charge on any atom is -0.494 e. The number of carbonyl (C=O) groups excluding carboxylic acids is 2. The quantitative estimate of drug-likeness (QED) is 0.792. The van der Waals surface area contributed by atoms with Crippen LogP contribution in [0, 0.1) is 5.82 Å². The van der Waals surface area contributed by atoms with E-state index in [1.54, 1.807) is 36.4 Å². The molecular weight excluding hydrogens is 313 g/mol. The number of amides is 1. The summed E-state index contributed by atoms with van der Waals surface area (Å²) < 4.78 is 23.6. The summed E-state index contributed by atoms with van der Waals surface area (Å²) in [6.45, 7) is 1.94. The van der Waals surface area contributed by atoms with E-state index >= 15 is 0 Å². The van der Waals surface area contributed by atoms with Gasteiger partial charge in [0, 0.05) is 11.1 Å². The van der Waals surface area contributed by atoms with Crippen LogP contribution in [-0.2, 0) is 16.1 Å². The van der Waals surface area contributed by atoms with Gasteiger partial charge in [0.2, 0.25) is 0 Å².